The van der Waals surface area contributed by atoms with Gasteiger partial charge in [-0.05, 0) is 37.3 Å². The van der Waals surface area contributed by atoms with Gasteiger partial charge in [0.05, 0.1) is 24.1 Å². The maximum absolute atomic E-state index is 14.4. The standard InChI is InChI=1S/C33H25Cl2F5N6O6/c1-15-41-31(46(43-15)23-11-18(34)7-8-19(23)33(38,39)40)30-29(49-14-25(47)48)27(28-24(51-30)13-50-32(52-28)16-5-3-2-4-6-16)45-12-22(42-44-45)17-9-20(36)26(35)21(37)10-17/h2-12,24,27-30,32H,13-14H2,1H3,(H,47,48)/t24-,27+,28+,29-,30-,32?/m1/s1. The molecule has 0 spiro atoms. The zero-order valence-corrected chi connectivity index (χ0v) is 28.1. The number of halogens is 7. The fraction of sp³-hybridized carbons (Fsp3) is 0.303. The van der Waals surface area contributed by atoms with E-state index >= 15 is 0 Å². The molecule has 2 aliphatic rings. The Morgan fingerprint density at radius 3 is 2.48 bits per heavy atom. The Hall–Kier alpha value is -4.52. The fourth-order valence-corrected chi connectivity index (χ4v) is 6.49. The monoisotopic (exact) mass is 766 g/mol. The molecule has 19 heteroatoms. The first kappa shape index (κ1) is 35.9. The van der Waals surface area contributed by atoms with E-state index in [4.69, 9.17) is 42.1 Å². The van der Waals surface area contributed by atoms with E-state index in [-0.39, 0.29) is 34.5 Å². The van der Waals surface area contributed by atoms with Gasteiger partial charge in [-0.2, -0.15) is 18.3 Å². The molecule has 1 unspecified atom stereocenters. The molecule has 2 aliphatic heterocycles. The van der Waals surface area contributed by atoms with Crippen LogP contribution in [0.3, 0.4) is 0 Å². The summed E-state index contributed by atoms with van der Waals surface area (Å²) < 4.78 is 98.8. The van der Waals surface area contributed by atoms with Crippen molar-refractivity contribution >= 4 is 29.2 Å². The fourth-order valence-electron chi connectivity index (χ4n) is 6.21. The number of carboxylic acids is 1. The first-order chi connectivity index (χ1) is 24.8. The highest BCUT2D eigenvalue weighted by atomic mass is 35.5. The number of carboxylic acid groups (broad SMARTS) is 1. The van der Waals surface area contributed by atoms with Gasteiger partial charge in [-0.3, -0.25) is 0 Å². The van der Waals surface area contributed by atoms with Crippen molar-refractivity contribution in [3.63, 3.8) is 0 Å². The van der Waals surface area contributed by atoms with Crippen LogP contribution in [0, 0.1) is 18.6 Å². The lowest BCUT2D eigenvalue weighted by Gasteiger charge is -2.48. The van der Waals surface area contributed by atoms with Crippen LogP contribution in [0.15, 0.2) is 66.9 Å². The minimum Gasteiger partial charge on any atom is -0.480 e. The highest BCUT2D eigenvalue weighted by molar-refractivity contribution is 6.31. The molecule has 3 aromatic carbocycles. The Morgan fingerprint density at radius 1 is 1.06 bits per heavy atom. The molecule has 0 saturated carbocycles. The van der Waals surface area contributed by atoms with Crippen LogP contribution in [-0.2, 0) is 29.9 Å². The molecule has 52 heavy (non-hydrogen) atoms. The van der Waals surface area contributed by atoms with Gasteiger partial charge >= 0.3 is 12.1 Å². The molecular formula is C33H25Cl2F5N6O6. The van der Waals surface area contributed by atoms with Gasteiger partial charge in [-0.25, -0.2) is 27.9 Å². The number of aromatic nitrogens is 6. The normalized spacial score (nSPS) is 23.4. The summed E-state index contributed by atoms with van der Waals surface area (Å²) in [4.78, 5) is 16.3. The maximum Gasteiger partial charge on any atom is 0.418 e. The number of carbonyl (C=O) groups is 1. The first-order valence-electron chi connectivity index (χ1n) is 15.5. The van der Waals surface area contributed by atoms with E-state index < -0.39 is 83.4 Å². The first-order valence-corrected chi connectivity index (χ1v) is 16.2. The summed E-state index contributed by atoms with van der Waals surface area (Å²) in [5, 5.41) is 21.5. The number of aliphatic carboxylic acids is 1. The molecule has 272 valence electrons. The Labute approximate surface area is 300 Å². The molecule has 4 heterocycles. The molecule has 5 aromatic rings. The molecular weight excluding hydrogens is 742 g/mol. The molecule has 0 aliphatic carbocycles. The Kier molecular flexibility index (Phi) is 9.75. The number of nitrogens with zero attached hydrogens (tertiary/aromatic N) is 6. The molecule has 0 radical (unpaired) electrons. The third-order valence-corrected chi connectivity index (χ3v) is 9.00. The van der Waals surface area contributed by atoms with Crippen molar-refractivity contribution in [1.29, 1.82) is 0 Å². The minimum atomic E-state index is -4.84. The lowest BCUT2D eigenvalue weighted by Crippen LogP contribution is -2.58. The summed E-state index contributed by atoms with van der Waals surface area (Å²) in [6, 6.07) is 12.5. The second kappa shape index (κ2) is 14.1. The number of fused-ring (bicyclic) bond motifs is 1. The Bertz CT molecular complexity index is 2100. The van der Waals surface area contributed by atoms with Gasteiger partial charge in [0.2, 0.25) is 0 Å². The third kappa shape index (κ3) is 6.99. The summed E-state index contributed by atoms with van der Waals surface area (Å²) in [5.41, 5.74) is -0.975. The van der Waals surface area contributed by atoms with Crippen molar-refractivity contribution < 1.29 is 50.8 Å². The van der Waals surface area contributed by atoms with Crippen molar-refractivity contribution in [2.45, 2.75) is 49.8 Å². The van der Waals surface area contributed by atoms with Gasteiger partial charge in [0, 0.05) is 16.1 Å². The van der Waals surface area contributed by atoms with E-state index in [2.05, 4.69) is 20.4 Å². The Balaban J connectivity index is 1.38. The number of benzene rings is 3. The average Bonchev–Trinajstić information content (AvgIpc) is 3.75. The highest BCUT2D eigenvalue weighted by Gasteiger charge is 2.54. The quantitative estimate of drug-likeness (QED) is 0.134. The summed E-state index contributed by atoms with van der Waals surface area (Å²) in [6.07, 6.45) is -9.33. The van der Waals surface area contributed by atoms with Gasteiger partial charge in [-0.1, -0.05) is 58.7 Å². The summed E-state index contributed by atoms with van der Waals surface area (Å²) in [7, 11) is 0. The zero-order chi connectivity index (χ0) is 36.9. The van der Waals surface area contributed by atoms with Crippen LogP contribution >= 0.6 is 23.2 Å². The second-order valence-corrected chi connectivity index (χ2v) is 12.7. The number of ether oxygens (including phenoxy) is 4. The molecule has 1 N–H and O–H groups in total. The van der Waals surface area contributed by atoms with E-state index in [1.165, 1.54) is 17.8 Å². The van der Waals surface area contributed by atoms with E-state index in [1.54, 1.807) is 30.3 Å². The summed E-state index contributed by atoms with van der Waals surface area (Å²) in [6.45, 7) is 0.430. The predicted octanol–water partition coefficient (Wildman–Crippen LogP) is 6.70. The van der Waals surface area contributed by atoms with Crippen molar-refractivity contribution in [3.8, 4) is 16.9 Å². The minimum absolute atomic E-state index is 0.00882. The van der Waals surface area contributed by atoms with Gasteiger partial charge in [0.1, 0.15) is 65.2 Å². The van der Waals surface area contributed by atoms with E-state index in [0.29, 0.717) is 5.56 Å². The van der Waals surface area contributed by atoms with E-state index in [0.717, 1.165) is 35.0 Å². The van der Waals surface area contributed by atoms with Gasteiger partial charge in [0.25, 0.3) is 0 Å². The lowest BCUT2D eigenvalue weighted by atomic mass is 9.90. The number of rotatable bonds is 8. The van der Waals surface area contributed by atoms with Crippen molar-refractivity contribution in [1.82, 2.24) is 29.8 Å². The predicted molar refractivity (Wildman–Crippen MR) is 171 cm³/mol. The van der Waals surface area contributed by atoms with Crippen LogP contribution in [0.2, 0.25) is 10.0 Å². The molecule has 2 fully saturated rings. The molecule has 12 nitrogen and oxygen atoms in total. The average molecular weight is 767 g/mol. The molecule has 6 atom stereocenters. The molecule has 7 rings (SSSR count). The smallest absolute Gasteiger partial charge is 0.418 e. The van der Waals surface area contributed by atoms with Crippen molar-refractivity contribution in [3.05, 3.63) is 111 Å². The molecule has 0 amide bonds. The van der Waals surface area contributed by atoms with Crippen LogP contribution in [-0.4, -0.2) is 72.4 Å². The Morgan fingerprint density at radius 2 is 1.79 bits per heavy atom. The molecule has 2 aromatic heterocycles. The number of hydrogen-bond donors (Lipinski definition) is 1. The summed E-state index contributed by atoms with van der Waals surface area (Å²) >= 11 is 11.8. The SMILES string of the molecule is Cc1nc([C@@H]2O[C@@H]3COC(c4ccccc4)O[C@@H]3[C@H](n3cc(-c4cc(F)c(Cl)c(F)c4)nn3)[C@H]2OCC(=O)O)n(-c2cc(Cl)ccc2C(F)(F)F)n1. The van der Waals surface area contributed by atoms with Crippen LogP contribution in [0.25, 0.3) is 16.9 Å². The highest BCUT2D eigenvalue weighted by Crippen LogP contribution is 2.46. The van der Waals surface area contributed by atoms with E-state index in [1.807, 2.05) is 0 Å². The van der Waals surface area contributed by atoms with Crippen molar-refractivity contribution in [2.75, 3.05) is 13.2 Å². The van der Waals surface area contributed by atoms with Gasteiger partial charge < -0.3 is 24.1 Å². The maximum atomic E-state index is 14.4. The summed E-state index contributed by atoms with van der Waals surface area (Å²) in [5.74, 6) is -3.64. The third-order valence-electron chi connectivity index (χ3n) is 8.40. The number of aryl methyl sites for hydroxylation is 1. The lowest BCUT2D eigenvalue weighted by molar-refractivity contribution is -0.322. The van der Waals surface area contributed by atoms with Gasteiger partial charge in [-0.15, -0.1) is 5.10 Å². The van der Waals surface area contributed by atoms with Crippen molar-refractivity contribution in [2.24, 2.45) is 0 Å². The number of alkyl halides is 3. The second-order valence-electron chi connectivity index (χ2n) is 11.9. The van der Waals surface area contributed by atoms with Crippen LogP contribution < -0.4 is 0 Å². The number of hydrogen-bond acceptors (Lipinski definition) is 9. The molecule has 2 saturated heterocycles. The zero-order valence-electron chi connectivity index (χ0n) is 26.5. The van der Waals surface area contributed by atoms with Crippen LogP contribution in [0.4, 0.5) is 22.0 Å². The van der Waals surface area contributed by atoms with Crippen LogP contribution in [0.1, 0.15) is 41.2 Å². The van der Waals surface area contributed by atoms with E-state index in [9.17, 15) is 31.9 Å². The molecule has 0 bridgehead atoms. The topological polar surface area (TPSA) is 136 Å². The van der Waals surface area contributed by atoms with Crippen LogP contribution in [0.5, 0.6) is 0 Å². The largest absolute Gasteiger partial charge is 0.480 e. The van der Waals surface area contributed by atoms with Gasteiger partial charge in [0.15, 0.2) is 12.1 Å².